The van der Waals surface area contributed by atoms with Gasteiger partial charge in [-0.15, -0.1) is 11.3 Å². The van der Waals surface area contributed by atoms with Crippen molar-refractivity contribution in [2.24, 2.45) is 5.92 Å². The van der Waals surface area contributed by atoms with Crippen molar-refractivity contribution in [3.8, 4) is 0 Å². The van der Waals surface area contributed by atoms with Gasteiger partial charge in [0.15, 0.2) is 0 Å². The number of likely N-dealkylation sites (tertiary alicyclic amines) is 1. The van der Waals surface area contributed by atoms with Crippen LogP contribution in [-0.4, -0.2) is 34.1 Å². The molecule has 2 aromatic heterocycles. The highest BCUT2D eigenvalue weighted by Gasteiger charge is 2.40. The maximum absolute atomic E-state index is 6.33. The number of aromatic nitrogens is 2. The summed E-state index contributed by atoms with van der Waals surface area (Å²) in [6, 6.07) is 6.35. The Morgan fingerprint density at radius 2 is 2.36 bits per heavy atom. The molecule has 0 saturated carbocycles. The molecule has 0 bridgehead atoms. The number of ether oxygens (including phenoxy) is 1. The lowest BCUT2D eigenvalue weighted by Crippen LogP contribution is -2.41. The van der Waals surface area contributed by atoms with E-state index in [1.165, 1.54) is 17.8 Å². The molecule has 4 heterocycles. The fraction of sp³-hybridized carbons (Fsp3) is 0.529. The van der Waals surface area contributed by atoms with Crippen molar-refractivity contribution in [2.45, 2.75) is 38.5 Å². The lowest BCUT2D eigenvalue weighted by molar-refractivity contribution is -0.0105. The van der Waals surface area contributed by atoms with Crippen molar-refractivity contribution < 1.29 is 4.74 Å². The predicted octanol–water partition coefficient (Wildman–Crippen LogP) is 3.20. The normalized spacial score (nSPS) is 28.7. The molecule has 2 aliphatic heterocycles. The lowest BCUT2D eigenvalue weighted by atomic mass is 9.91. The largest absolute Gasteiger partial charge is 0.367 e. The molecular weight excluding hydrogens is 294 g/mol. The molecule has 0 radical (unpaired) electrons. The number of hydrogen-bond donors (Lipinski definition) is 0. The van der Waals surface area contributed by atoms with Gasteiger partial charge in [-0.1, -0.05) is 6.07 Å². The van der Waals surface area contributed by atoms with Gasteiger partial charge in [0.05, 0.1) is 11.8 Å². The van der Waals surface area contributed by atoms with Gasteiger partial charge in [-0.05, 0) is 49.7 Å². The van der Waals surface area contributed by atoms with Crippen molar-refractivity contribution in [1.29, 1.82) is 0 Å². The smallest absolute Gasteiger partial charge is 0.125 e. The van der Waals surface area contributed by atoms with E-state index >= 15 is 0 Å². The van der Waals surface area contributed by atoms with Crippen LogP contribution in [0.3, 0.4) is 0 Å². The molecule has 2 saturated heterocycles. The third-order valence-corrected chi connectivity index (χ3v) is 5.58. The van der Waals surface area contributed by atoms with Crippen molar-refractivity contribution in [3.05, 3.63) is 46.2 Å². The number of piperidine rings is 1. The molecule has 22 heavy (non-hydrogen) atoms. The molecule has 4 rings (SSSR count). The van der Waals surface area contributed by atoms with E-state index in [0.29, 0.717) is 12.0 Å². The van der Waals surface area contributed by atoms with Gasteiger partial charge in [-0.3, -0.25) is 4.90 Å². The first kappa shape index (κ1) is 14.3. The Bertz CT molecular complexity index is 631. The number of nitrogens with zero attached hydrogens (tertiary/aromatic N) is 3. The summed E-state index contributed by atoms with van der Waals surface area (Å²) in [7, 11) is 0. The number of rotatable bonds is 3. The van der Waals surface area contributed by atoms with Crippen molar-refractivity contribution in [3.63, 3.8) is 0 Å². The zero-order valence-electron chi connectivity index (χ0n) is 12.8. The van der Waals surface area contributed by atoms with E-state index in [9.17, 15) is 0 Å². The van der Waals surface area contributed by atoms with Gasteiger partial charge >= 0.3 is 0 Å². The summed E-state index contributed by atoms with van der Waals surface area (Å²) in [6.07, 6.45) is 4.68. The zero-order chi connectivity index (χ0) is 14.9. The SMILES string of the molecule is Cc1nccc([C@@H]2C[C@@H]3CCN(Cc4cccs4)C[C@H]3O2)n1. The van der Waals surface area contributed by atoms with Gasteiger partial charge in [-0.2, -0.15) is 0 Å². The molecule has 2 aliphatic rings. The summed E-state index contributed by atoms with van der Waals surface area (Å²) in [5, 5.41) is 2.15. The van der Waals surface area contributed by atoms with Crippen LogP contribution in [0.1, 0.15) is 35.3 Å². The van der Waals surface area contributed by atoms with E-state index in [-0.39, 0.29) is 6.10 Å². The molecule has 5 heteroatoms. The molecule has 2 aromatic rings. The fourth-order valence-electron chi connectivity index (χ4n) is 3.61. The van der Waals surface area contributed by atoms with E-state index in [1.807, 2.05) is 30.5 Å². The lowest BCUT2D eigenvalue weighted by Gasteiger charge is -2.33. The first-order valence-corrected chi connectivity index (χ1v) is 8.85. The maximum Gasteiger partial charge on any atom is 0.125 e. The Kier molecular flexibility index (Phi) is 3.94. The molecule has 0 spiro atoms. The Balaban J connectivity index is 1.41. The van der Waals surface area contributed by atoms with Gasteiger partial charge in [0.25, 0.3) is 0 Å². The molecule has 2 fully saturated rings. The van der Waals surface area contributed by atoms with Crippen LogP contribution in [-0.2, 0) is 11.3 Å². The predicted molar refractivity (Wildman–Crippen MR) is 86.7 cm³/mol. The highest BCUT2D eigenvalue weighted by Crippen LogP contribution is 2.40. The average Bonchev–Trinajstić information content (AvgIpc) is 3.16. The Morgan fingerprint density at radius 1 is 1.41 bits per heavy atom. The van der Waals surface area contributed by atoms with Crippen molar-refractivity contribution in [2.75, 3.05) is 13.1 Å². The first-order valence-electron chi connectivity index (χ1n) is 7.97. The van der Waals surface area contributed by atoms with Crippen molar-refractivity contribution in [1.82, 2.24) is 14.9 Å². The van der Waals surface area contributed by atoms with Crippen LogP contribution in [0.4, 0.5) is 0 Å². The van der Waals surface area contributed by atoms with Gasteiger partial charge in [0.2, 0.25) is 0 Å². The highest BCUT2D eigenvalue weighted by molar-refractivity contribution is 7.09. The number of fused-ring (bicyclic) bond motifs is 1. The minimum atomic E-state index is 0.151. The summed E-state index contributed by atoms with van der Waals surface area (Å²) >= 11 is 1.84. The van der Waals surface area contributed by atoms with Crippen molar-refractivity contribution >= 4 is 11.3 Å². The maximum atomic E-state index is 6.33. The second-order valence-corrected chi connectivity index (χ2v) is 7.32. The Labute approximate surface area is 135 Å². The second kappa shape index (κ2) is 6.07. The summed E-state index contributed by atoms with van der Waals surface area (Å²) < 4.78 is 6.33. The zero-order valence-corrected chi connectivity index (χ0v) is 13.6. The molecule has 4 nitrogen and oxygen atoms in total. The molecule has 0 N–H and O–H groups in total. The first-order chi connectivity index (χ1) is 10.8. The van der Waals surface area contributed by atoms with Crippen LogP contribution in [0.2, 0.25) is 0 Å². The molecular formula is C17H21N3OS. The van der Waals surface area contributed by atoms with E-state index in [0.717, 1.165) is 31.0 Å². The minimum Gasteiger partial charge on any atom is -0.367 e. The van der Waals surface area contributed by atoms with Crippen LogP contribution in [0.5, 0.6) is 0 Å². The fourth-order valence-corrected chi connectivity index (χ4v) is 4.35. The summed E-state index contributed by atoms with van der Waals surface area (Å²) in [5.74, 6) is 1.51. The average molecular weight is 315 g/mol. The molecule has 0 aromatic carbocycles. The molecule has 3 atom stereocenters. The standard InChI is InChI=1S/C17H21N3OS/c1-12-18-6-4-15(19-12)16-9-13-5-7-20(11-17(13)21-16)10-14-3-2-8-22-14/h2-4,6,8,13,16-17H,5,7,9-11H2,1H3/t13-,16-,17+/m0/s1. The van der Waals surface area contributed by atoms with Gasteiger partial charge in [0.1, 0.15) is 11.9 Å². The third-order valence-electron chi connectivity index (χ3n) is 4.72. The van der Waals surface area contributed by atoms with Crippen LogP contribution in [0.25, 0.3) is 0 Å². The van der Waals surface area contributed by atoms with Gasteiger partial charge in [-0.25, -0.2) is 9.97 Å². The summed E-state index contributed by atoms with van der Waals surface area (Å²) in [6.45, 7) is 5.22. The van der Waals surface area contributed by atoms with Gasteiger partial charge in [0, 0.05) is 24.2 Å². The van der Waals surface area contributed by atoms with Crippen LogP contribution >= 0.6 is 11.3 Å². The third kappa shape index (κ3) is 2.93. The van der Waals surface area contributed by atoms with E-state index in [4.69, 9.17) is 4.74 Å². The number of hydrogen-bond acceptors (Lipinski definition) is 5. The quantitative estimate of drug-likeness (QED) is 0.872. The highest BCUT2D eigenvalue weighted by atomic mass is 32.1. The number of aryl methyl sites for hydroxylation is 1. The van der Waals surface area contributed by atoms with Gasteiger partial charge < -0.3 is 4.74 Å². The van der Waals surface area contributed by atoms with E-state index in [2.05, 4.69) is 32.4 Å². The van der Waals surface area contributed by atoms with E-state index < -0.39 is 0 Å². The van der Waals surface area contributed by atoms with Crippen LogP contribution < -0.4 is 0 Å². The minimum absolute atomic E-state index is 0.151. The van der Waals surface area contributed by atoms with Crippen LogP contribution in [0.15, 0.2) is 29.8 Å². The molecule has 116 valence electrons. The van der Waals surface area contributed by atoms with E-state index in [1.54, 1.807) is 0 Å². The summed E-state index contributed by atoms with van der Waals surface area (Å²) in [5.41, 5.74) is 1.05. The molecule has 0 aliphatic carbocycles. The topological polar surface area (TPSA) is 38.2 Å². The molecule has 0 amide bonds. The Hall–Kier alpha value is -1.30. The second-order valence-electron chi connectivity index (χ2n) is 6.29. The monoisotopic (exact) mass is 315 g/mol. The Morgan fingerprint density at radius 3 is 3.18 bits per heavy atom. The summed E-state index contributed by atoms with van der Waals surface area (Å²) in [4.78, 5) is 12.7. The molecule has 0 unspecified atom stereocenters. The van der Waals surface area contributed by atoms with Crippen LogP contribution in [0, 0.1) is 12.8 Å². The number of thiophene rings is 1.